The summed E-state index contributed by atoms with van der Waals surface area (Å²) < 4.78 is 4.87. The van der Waals surface area contributed by atoms with Crippen LogP contribution in [-0.2, 0) is 9.53 Å². The molecule has 0 aliphatic carbocycles. The van der Waals surface area contributed by atoms with Crippen LogP contribution in [0.25, 0.3) is 0 Å². The summed E-state index contributed by atoms with van der Waals surface area (Å²) in [6, 6.07) is 0.411. The fraction of sp³-hybridized carbons (Fsp3) is 0.700. The van der Waals surface area contributed by atoms with E-state index < -0.39 is 0 Å². The molecule has 1 aliphatic rings. The largest absolute Gasteiger partial charge is 0.465 e. The lowest BCUT2D eigenvalue weighted by Crippen LogP contribution is -2.35. The van der Waals surface area contributed by atoms with Crippen LogP contribution in [-0.4, -0.2) is 24.7 Å². The van der Waals surface area contributed by atoms with Crippen LogP contribution in [0.5, 0.6) is 0 Å². The molecule has 2 atom stereocenters. The minimum Gasteiger partial charge on any atom is -0.465 e. The van der Waals surface area contributed by atoms with Crippen LogP contribution in [0.2, 0.25) is 0 Å². The van der Waals surface area contributed by atoms with Gasteiger partial charge in [0.25, 0.3) is 0 Å². The summed E-state index contributed by atoms with van der Waals surface area (Å²) >= 11 is 0. The zero-order valence-corrected chi connectivity index (χ0v) is 8.51. The standard InChI is InChI=1S/C8H15NO2.C2H4.H2/c1-3-11-8(10)7-5-4-6(2)9-7;1-2;/h6-7,9H,3-5H2,1-2H3;1-2H2;1H/t6-,7-;;/m0../s1. The molecule has 0 bridgehead atoms. The second-order valence-electron chi connectivity index (χ2n) is 2.95. The van der Waals surface area contributed by atoms with Crippen LogP contribution in [0.4, 0.5) is 0 Å². The number of nitrogens with one attached hydrogen (secondary N) is 1. The van der Waals surface area contributed by atoms with Gasteiger partial charge in [0.1, 0.15) is 6.04 Å². The molecule has 0 amide bonds. The van der Waals surface area contributed by atoms with Crippen molar-refractivity contribution < 1.29 is 11.0 Å². The Labute approximate surface area is 81.6 Å². The first-order valence-electron chi connectivity index (χ1n) is 4.66. The van der Waals surface area contributed by atoms with Gasteiger partial charge in [0, 0.05) is 7.47 Å². The Balaban J connectivity index is 0. The zero-order valence-electron chi connectivity index (χ0n) is 8.51. The Bertz CT molecular complexity index is 164. The van der Waals surface area contributed by atoms with Crippen molar-refractivity contribution in [2.24, 2.45) is 0 Å². The summed E-state index contributed by atoms with van der Waals surface area (Å²) in [4.78, 5) is 11.1. The van der Waals surface area contributed by atoms with Crippen molar-refractivity contribution in [3.63, 3.8) is 0 Å². The topological polar surface area (TPSA) is 38.3 Å². The van der Waals surface area contributed by atoms with E-state index >= 15 is 0 Å². The van der Waals surface area contributed by atoms with Gasteiger partial charge in [0.15, 0.2) is 0 Å². The summed E-state index contributed by atoms with van der Waals surface area (Å²) in [6.07, 6.45) is 1.99. The molecule has 3 heteroatoms. The average molecular weight is 187 g/mol. The molecule has 78 valence electrons. The second-order valence-corrected chi connectivity index (χ2v) is 2.95. The Hall–Kier alpha value is -0.830. The predicted octanol–water partition coefficient (Wildman–Crippen LogP) is 1.74. The molecule has 1 fully saturated rings. The summed E-state index contributed by atoms with van der Waals surface area (Å²) in [5.74, 6) is -0.100. The lowest BCUT2D eigenvalue weighted by molar-refractivity contribution is -0.145. The molecular formula is C10H21NO2. The summed E-state index contributed by atoms with van der Waals surface area (Å²) in [5, 5.41) is 3.16. The predicted molar refractivity (Wildman–Crippen MR) is 55.6 cm³/mol. The van der Waals surface area contributed by atoms with E-state index in [0.717, 1.165) is 12.8 Å². The van der Waals surface area contributed by atoms with Crippen LogP contribution in [0.1, 0.15) is 28.1 Å². The van der Waals surface area contributed by atoms with Gasteiger partial charge >= 0.3 is 5.97 Å². The van der Waals surface area contributed by atoms with Crippen molar-refractivity contribution in [2.75, 3.05) is 6.61 Å². The highest BCUT2D eigenvalue weighted by Gasteiger charge is 2.27. The first-order chi connectivity index (χ1) is 6.24. The molecule has 13 heavy (non-hydrogen) atoms. The van der Waals surface area contributed by atoms with E-state index in [2.05, 4.69) is 25.4 Å². The van der Waals surface area contributed by atoms with Gasteiger partial charge in [-0.25, -0.2) is 0 Å². The fourth-order valence-electron chi connectivity index (χ4n) is 1.36. The van der Waals surface area contributed by atoms with Gasteiger partial charge in [-0.3, -0.25) is 4.79 Å². The molecule has 1 aliphatic heterocycles. The van der Waals surface area contributed by atoms with Crippen LogP contribution < -0.4 is 5.32 Å². The average Bonchev–Trinajstić information content (AvgIpc) is 2.56. The normalized spacial score (nSPS) is 26.0. The summed E-state index contributed by atoms with van der Waals surface area (Å²) in [5.41, 5.74) is 0. The SMILES string of the molecule is C=C.CCOC(=O)[C@@H]1CC[C@H](C)N1.[HH]. The third-order valence-corrected chi connectivity index (χ3v) is 1.95. The maximum Gasteiger partial charge on any atom is 0.323 e. The van der Waals surface area contributed by atoms with Crippen molar-refractivity contribution in [3.05, 3.63) is 13.2 Å². The zero-order chi connectivity index (χ0) is 10.3. The second kappa shape index (κ2) is 6.66. The van der Waals surface area contributed by atoms with E-state index in [1.54, 1.807) is 0 Å². The molecule has 0 aromatic heterocycles. The van der Waals surface area contributed by atoms with Gasteiger partial charge in [-0.2, -0.15) is 0 Å². The minimum atomic E-state index is -0.100. The fourth-order valence-corrected chi connectivity index (χ4v) is 1.36. The lowest BCUT2D eigenvalue weighted by atomic mass is 10.2. The molecule has 3 nitrogen and oxygen atoms in total. The van der Waals surface area contributed by atoms with Gasteiger partial charge < -0.3 is 10.1 Å². The van der Waals surface area contributed by atoms with Crippen molar-refractivity contribution in [1.82, 2.24) is 5.32 Å². The minimum absolute atomic E-state index is 0. The molecule has 1 rings (SSSR count). The van der Waals surface area contributed by atoms with E-state index in [4.69, 9.17) is 4.74 Å². The first kappa shape index (κ1) is 12.2. The Morgan fingerprint density at radius 3 is 2.62 bits per heavy atom. The number of rotatable bonds is 2. The van der Waals surface area contributed by atoms with Crippen molar-refractivity contribution >= 4 is 5.97 Å². The van der Waals surface area contributed by atoms with Crippen LogP contribution >= 0.6 is 0 Å². The smallest absolute Gasteiger partial charge is 0.323 e. The quantitative estimate of drug-likeness (QED) is 0.528. The van der Waals surface area contributed by atoms with Crippen LogP contribution in [0.3, 0.4) is 0 Å². The monoisotopic (exact) mass is 187 g/mol. The number of esters is 1. The van der Waals surface area contributed by atoms with Crippen LogP contribution in [0.15, 0.2) is 13.2 Å². The molecule has 1 saturated heterocycles. The highest BCUT2D eigenvalue weighted by Crippen LogP contribution is 2.12. The van der Waals surface area contributed by atoms with Crippen molar-refractivity contribution in [2.45, 2.75) is 38.8 Å². The van der Waals surface area contributed by atoms with E-state index in [-0.39, 0.29) is 13.4 Å². The Kier molecular flexibility index (Phi) is 6.24. The third kappa shape index (κ3) is 4.08. The molecule has 0 aromatic carbocycles. The molecule has 0 unspecified atom stereocenters. The summed E-state index contributed by atoms with van der Waals surface area (Å²) in [6.45, 7) is 10.4. The lowest BCUT2D eigenvalue weighted by Gasteiger charge is -2.09. The first-order valence-corrected chi connectivity index (χ1v) is 4.66. The van der Waals surface area contributed by atoms with Crippen molar-refractivity contribution in [1.29, 1.82) is 0 Å². The van der Waals surface area contributed by atoms with Gasteiger partial charge in [-0.05, 0) is 26.7 Å². The third-order valence-electron chi connectivity index (χ3n) is 1.95. The Morgan fingerprint density at radius 2 is 2.23 bits per heavy atom. The molecule has 0 saturated carbocycles. The highest BCUT2D eigenvalue weighted by atomic mass is 16.5. The number of hydrogen-bond donors (Lipinski definition) is 1. The van der Waals surface area contributed by atoms with Gasteiger partial charge in [0.05, 0.1) is 6.61 Å². The Morgan fingerprint density at radius 1 is 1.62 bits per heavy atom. The number of ether oxygens (including phenoxy) is 1. The molecule has 0 radical (unpaired) electrons. The van der Waals surface area contributed by atoms with Gasteiger partial charge in [0.2, 0.25) is 0 Å². The molecule has 0 aromatic rings. The number of hydrogen-bond acceptors (Lipinski definition) is 3. The maximum absolute atomic E-state index is 11.1. The van der Waals surface area contributed by atoms with Gasteiger partial charge in [-0.1, -0.05) is 0 Å². The van der Waals surface area contributed by atoms with Gasteiger partial charge in [-0.15, -0.1) is 13.2 Å². The molecule has 0 spiro atoms. The maximum atomic E-state index is 11.1. The molecule has 1 N–H and O–H groups in total. The van der Waals surface area contributed by atoms with E-state index in [0.29, 0.717) is 12.6 Å². The number of carbonyl (C=O) groups is 1. The van der Waals surface area contributed by atoms with Crippen LogP contribution in [0, 0.1) is 0 Å². The molecular weight excluding hydrogens is 166 g/mol. The summed E-state index contributed by atoms with van der Waals surface area (Å²) in [7, 11) is 0. The molecule has 1 heterocycles. The van der Waals surface area contributed by atoms with E-state index in [1.165, 1.54) is 0 Å². The van der Waals surface area contributed by atoms with E-state index in [9.17, 15) is 4.79 Å². The van der Waals surface area contributed by atoms with E-state index in [1.807, 2.05) is 6.92 Å². The highest BCUT2D eigenvalue weighted by molar-refractivity contribution is 5.76. The van der Waals surface area contributed by atoms with Crippen molar-refractivity contribution in [3.8, 4) is 0 Å². The number of carbonyl (C=O) groups excluding carboxylic acids is 1.